The van der Waals surface area contributed by atoms with Crippen LogP contribution in [0.3, 0.4) is 0 Å². The molecule has 1 aliphatic rings. The number of carboxylic acids is 2. The third kappa shape index (κ3) is 9.30. The van der Waals surface area contributed by atoms with Crippen LogP contribution in [-0.2, 0) is 29.3 Å². The Balaban J connectivity index is -0.000000474. The normalized spacial score (nSPS) is 20.1. The zero-order valence-corrected chi connectivity index (χ0v) is 16.4. The summed E-state index contributed by atoms with van der Waals surface area (Å²) in [6.07, 6.45) is 0.923. The number of aliphatic hydroxyl groups excluding tert-OH is 1. The molecule has 0 aromatic heterocycles. The van der Waals surface area contributed by atoms with Gasteiger partial charge in [-0.05, 0) is 18.8 Å². The molecule has 1 aliphatic heterocycles. The van der Waals surface area contributed by atoms with Gasteiger partial charge in [0.05, 0.1) is 6.42 Å². The zero-order chi connectivity index (χ0) is 22.3. The molecule has 2 amide bonds. The topological polar surface area (TPSA) is 208 Å². The molecule has 0 spiro atoms. The standard InChI is InChI=1S/C11H18N2O3.C4H6O7S.2Na.2H/c1-4-6-7(3)11(5-2)8(14)12-10(16)13-9(11)15;5-3(6)1-2(4(7)8)12(9,10)11;;;;/h7H,4-6H2,1-3H3,(H2,12,13,14,15,16);2H,1H2,(H,5,6)(H,7,8)(H,9,10,11);;;;. The summed E-state index contributed by atoms with van der Waals surface area (Å²) in [5, 5.41) is 25.2. The maximum atomic E-state index is 11.9. The van der Waals surface area contributed by atoms with E-state index in [4.69, 9.17) is 19.9 Å². The van der Waals surface area contributed by atoms with Crippen LogP contribution in [-0.4, -0.2) is 122 Å². The van der Waals surface area contributed by atoms with E-state index in [1.54, 1.807) is 6.92 Å². The van der Waals surface area contributed by atoms with E-state index in [-0.39, 0.29) is 65.0 Å². The summed E-state index contributed by atoms with van der Waals surface area (Å²) in [6.45, 7) is 5.68. The monoisotopic (exact) mass is 472 g/mol. The first-order valence-electron chi connectivity index (χ1n) is 8.28. The van der Waals surface area contributed by atoms with Crippen molar-refractivity contribution in [3.05, 3.63) is 0 Å². The fourth-order valence-corrected chi connectivity index (χ4v) is 3.39. The third-order valence-electron chi connectivity index (χ3n) is 4.34. The summed E-state index contributed by atoms with van der Waals surface area (Å²) in [7, 11) is -4.84. The van der Waals surface area contributed by atoms with Gasteiger partial charge in [-0.3, -0.25) is 29.0 Å². The number of aliphatic imine (C=N–C) groups is 1. The van der Waals surface area contributed by atoms with Crippen LogP contribution in [0.4, 0.5) is 0 Å². The van der Waals surface area contributed by atoms with Crippen molar-refractivity contribution < 1.29 is 47.5 Å². The molecule has 0 fully saturated rings. The molecule has 0 bridgehead atoms. The molecular formula is C15H26N2Na2O10S. The van der Waals surface area contributed by atoms with Gasteiger partial charge >= 0.3 is 71.1 Å². The number of carboxylic acid groups (broad SMARTS) is 2. The van der Waals surface area contributed by atoms with E-state index in [0.29, 0.717) is 6.42 Å². The van der Waals surface area contributed by atoms with Crippen molar-refractivity contribution in [1.82, 2.24) is 5.32 Å². The van der Waals surface area contributed by atoms with Crippen molar-refractivity contribution in [2.24, 2.45) is 16.3 Å². The van der Waals surface area contributed by atoms with Crippen molar-refractivity contribution in [1.29, 1.82) is 0 Å². The Hall–Kier alpha value is -0.540. The van der Waals surface area contributed by atoms with Crippen molar-refractivity contribution in [2.45, 2.75) is 51.7 Å². The minimum absolute atomic E-state index is 0. The van der Waals surface area contributed by atoms with Crippen LogP contribution in [0.1, 0.15) is 46.5 Å². The predicted octanol–water partition coefficient (Wildman–Crippen LogP) is -1.11. The Morgan fingerprint density at radius 2 is 1.67 bits per heavy atom. The van der Waals surface area contributed by atoms with Crippen LogP contribution >= 0.6 is 0 Å². The Labute approximate surface area is 218 Å². The van der Waals surface area contributed by atoms with Crippen molar-refractivity contribution >= 4 is 99.0 Å². The van der Waals surface area contributed by atoms with Gasteiger partial charge in [-0.2, -0.15) is 13.4 Å². The molecule has 164 valence electrons. The van der Waals surface area contributed by atoms with Crippen molar-refractivity contribution in [3.63, 3.8) is 0 Å². The molecule has 12 nitrogen and oxygen atoms in total. The fraction of sp³-hybridized carbons (Fsp3) is 0.667. The molecule has 3 unspecified atom stereocenters. The van der Waals surface area contributed by atoms with Gasteiger partial charge in [0, 0.05) is 0 Å². The van der Waals surface area contributed by atoms with Gasteiger partial charge in [0.25, 0.3) is 22.0 Å². The first-order valence-corrected chi connectivity index (χ1v) is 9.78. The van der Waals surface area contributed by atoms with Gasteiger partial charge in [-0.25, -0.2) is 0 Å². The van der Waals surface area contributed by atoms with Crippen LogP contribution in [0.2, 0.25) is 0 Å². The van der Waals surface area contributed by atoms with E-state index < -0.39 is 57.0 Å². The minimum atomic E-state index is -4.84. The summed E-state index contributed by atoms with van der Waals surface area (Å²) in [5.41, 5.74) is -1.11. The number of hydrogen-bond donors (Lipinski definition) is 5. The van der Waals surface area contributed by atoms with E-state index in [2.05, 4.69) is 10.3 Å². The molecule has 0 aliphatic carbocycles. The number of hydrogen-bond acceptors (Lipinski definition) is 6. The van der Waals surface area contributed by atoms with Gasteiger partial charge in [0.1, 0.15) is 5.41 Å². The van der Waals surface area contributed by atoms with Gasteiger partial charge in [-0.15, -0.1) is 0 Å². The second-order valence-electron chi connectivity index (χ2n) is 6.15. The summed E-state index contributed by atoms with van der Waals surface area (Å²) < 4.78 is 28.7. The fourth-order valence-electron chi connectivity index (χ4n) is 2.79. The molecule has 0 radical (unpaired) electrons. The van der Waals surface area contributed by atoms with E-state index in [9.17, 15) is 27.6 Å². The molecule has 3 atom stereocenters. The van der Waals surface area contributed by atoms with Crippen LogP contribution in [0, 0.1) is 11.3 Å². The Bertz CT molecular complexity index is 771. The third-order valence-corrected chi connectivity index (χ3v) is 5.42. The predicted molar refractivity (Wildman–Crippen MR) is 110 cm³/mol. The molecule has 15 heteroatoms. The molecule has 0 saturated carbocycles. The van der Waals surface area contributed by atoms with Crippen LogP contribution in [0.5, 0.6) is 0 Å². The number of nitrogens with zero attached hydrogens (tertiary/aromatic N) is 1. The Morgan fingerprint density at radius 1 is 1.17 bits per heavy atom. The summed E-state index contributed by atoms with van der Waals surface area (Å²) in [6, 6.07) is -0.595. The van der Waals surface area contributed by atoms with Gasteiger partial charge in [-0.1, -0.05) is 27.2 Å². The zero-order valence-electron chi connectivity index (χ0n) is 15.6. The molecule has 0 aromatic rings. The Kier molecular flexibility index (Phi) is 16.5. The van der Waals surface area contributed by atoms with Gasteiger partial charge in [0.2, 0.25) is 5.91 Å². The SMILES string of the molecule is CCCC(C)C1(CC)C(=O)N=C(O)NC1=O.O=C(O)CC(C(=O)O)S(=O)(=O)O.[NaH].[NaH]. The molecular weight excluding hydrogens is 446 g/mol. The van der Waals surface area contributed by atoms with Crippen molar-refractivity contribution in [3.8, 4) is 0 Å². The number of amidine groups is 1. The van der Waals surface area contributed by atoms with E-state index in [1.807, 2.05) is 13.8 Å². The molecule has 5 N–H and O–H groups in total. The van der Waals surface area contributed by atoms with Crippen molar-refractivity contribution in [2.75, 3.05) is 0 Å². The van der Waals surface area contributed by atoms with Gasteiger partial charge in [0.15, 0.2) is 5.25 Å². The van der Waals surface area contributed by atoms with E-state index >= 15 is 0 Å². The van der Waals surface area contributed by atoms with Gasteiger partial charge < -0.3 is 15.3 Å². The first kappa shape index (κ1) is 34.1. The summed E-state index contributed by atoms with van der Waals surface area (Å²) >= 11 is 0. The molecule has 0 saturated heterocycles. The molecule has 0 aromatic carbocycles. The first-order chi connectivity index (χ1) is 12.7. The number of amides is 2. The number of nitrogens with one attached hydrogen (secondary N) is 1. The number of aliphatic carboxylic acids is 2. The number of rotatable bonds is 8. The number of carbonyl (C=O) groups excluding carboxylic acids is 2. The summed E-state index contributed by atoms with van der Waals surface area (Å²) in [4.78, 5) is 47.3. The number of carbonyl (C=O) groups is 4. The maximum absolute atomic E-state index is 11.9. The second kappa shape index (κ2) is 14.5. The summed E-state index contributed by atoms with van der Waals surface area (Å²) in [5.74, 6) is -4.54. The van der Waals surface area contributed by atoms with Crippen LogP contribution in [0.15, 0.2) is 4.99 Å². The molecule has 30 heavy (non-hydrogen) atoms. The quantitative estimate of drug-likeness (QED) is 0.163. The average Bonchev–Trinajstić information content (AvgIpc) is 2.52. The average molecular weight is 472 g/mol. The number of aliphatic hydroxyl groups is 1. The van der Waals surface area contributed by atoms with Crippen LogP contribution < -0.4 is 5.32 Å². The molecule has 1 rings (SSSR count). The van der Waals surface area contributed by atoms with E-state index in [1.165, 1.54) is 0 Å². The molecule has 1 heterocycles. The van der Waals surface area contributed by atoms with E-state index in [0.717, 1.165) is 12.8 Å². The Morgan fingerprint density at radius 3 is 1.93 bits per heavy atom. The second-order valence-corrected chi connectivity index (χ2v) is 7.75. The van der Waals surface area contributed by atoms with Crippen LogP contribution in [0.25, 0.3) is 0 Å².